The van der Waals surface area contributed by atoms with Crippen LogP contribution >= 0.6 is 11.3 Å². The van der Waals surface area contributed by atoms with Crippen LogP contribution in [-0.4, -0.2) is 68.8 Å². The van der Waals surface area contributed by atoms with E-state index in [4.69, 9.17) is 4.74 Å². The summed E-state index contributed by atoms with van der Waals surface area (Å²) >= 11 is 1.15. The van der Waals surface area contributed by atoms with Crippen LogP contribution in [0.25, 0.3) is 10.9 Å². The van der Waals surface area contributed by atoms with Gasteiger partial charge in [0.15, 0.2) is 0 Å². The summed E-state index contributed by atoms with van der Waals surface area (Å²) in [6, 6.07) is 6.08. The second-order valence-electron chi connectivity index (χ2n) is 8.16. The molecule has 2 aliphatic heterocycles. The maximum absolute atomic E-state index is 12.7. The average molecular weight is 475 g/mol. The molecule has 32 heavy (non-hydrogen) atoms. The number of benzene rings is 1. The molecule has 0 saturated carbocycles. The minimum absolute atomic E-state index is 0.121. The van der Waals surface area contributed by atoms with Crippen molar-refractivity contribution in [2.24, 2.45) is 0 Å². The molecule has 0 amide bonds. The Kier molecular flexibility index (Phi) is 5.97. The van der Waals surface area contributed by atoms with E-state index in [2.05, 4.69) is 47.7 Å². The SMILES string of the molecule is Cc1csc(S(=O)(=O)NC2CCCN(c3ncnc4cc(N5CCOCC5)ccc34)C2)n1. The molecule has 0 aliphatic carbocycles. The summed E-state index contributed by atoms with van der Waals surface area (Å²) in [5.41, 5.74) is 2.73. The van der Waals surface area contributed by atoms with Gasteiger partial charge in [-0.15, -0.1) is 11.3 Å². The van der Waals surface area contributed by atoms with Gasteiger partial charge in [0.05, 0.1) is 18.7 Å². The van der Waals surface area contributed by atoms with E-state index < -0.39 is 10.0 Å². The lowest BCUT2D eigenvalue weighted by atomic mass is 10.1. The smallest absolute Gasteiger partial charge is 0.268 e. The van der Waals surface area contributed by atoms with Gasteiger partial charge in [0.25, 0.3) is 10.0 Å². The third-order valence-electron chi connectivity index (χ3n) is 5.85. The predicted octanol–water partition coefficient (Wildman–Crippen LogP) is 2.18. The van der Waals surface area contributed by atoms with Gasteiger partial charge < -0.3 is 14.5 Å². The summed E-state index contributed by atoms with van der Waals surface area (Å²) < 4.78 is 33.9. The number of piperidine rings is 1. The number of anilines is 2. The first-order valence-electron chi connectivity index (χ1n) is 10.8. The molecule has 3 aromatic rings. The van der Waals surface area contributed by atoms with Gasteiger partial charge in [0.2, 0.25) is 4.34 Å². The molecule has 1 aromatic carbocycles. The first-order chi connectivity index (χ1) is 15.5. The molecule has 1 atom stereocenters. The molecule has 9 nitrogen and oxygen atoms in total. The van der Waals surface area contributed by atoms with Crippen LogP contribution in [0.2, 0.25) is 0 Å². The molecule has 11 heteroatoms. The molecular formula is C21H26N6O3S2. The zero-order valence-corrected chi connectivity index (χ0v) is 19.5. The van der Waals surface area contributed by atoms with Gasteiger partial charge in [-0.3, -0.25) is 0 Å². The van der Waals surface area contributed by atoms with Gasteiger partial charge in [-0.2, -0.15) is 0 Å². The van der Waals surface area contributed by atoms with Gasteiger partial charge >= 0.3 is 0 Å². The molecular weight excluding hydrogens is 448 g/mol. The Balaban J connectivity index is 1.36. The van der Waals surface area contributed by atoms with Crippen LogP contribution in [0.4, 0.5) is 11.5 Å². The number of aromatic nitrogens is 3. The van der Waals surface area contributed by atoms with Crippen molar-refractivity contribution in [3.63, 3.8) is 0 Å². The van der Waals surface area contributed by atoms with Crippen molar-refractivity contribution in [1.82, 2.24) is 19.7 Å². The fourth-order valence-corrected chi connectivity index (χ4v) is 6.61. The molecule has 1 unspecified atom stereocenters. The fourth-order valence-electron chi connectivity index (χ4n) is 4.29. The number of nitrogens with one attached hydrogen (secondary N) is 1. The summed E-state index contributed by atoms with van der Waals surface area (Å²) in [5.74, 6) is 0.845. The molecule has 0 spiro atoms. The fraction of sp³-hybridized carbons (Fsp3) is 0.476. The van der Waals surface area contributed by atoms with Crippen molar-refractivity contribution >= 4 is 43.8 Å². The normalized spacial score (nSPS) is 20.1. The van der Waals surface area contributed by atoms with Gasteiger partial charge in [-0.25, -0.2) is 28.1 Å². The van der Waals surface area contributed by atoms with Gasteiger partial charge in [0, 0.05) is 54.4 Å². The highest BCUT2D eigenvalue weighted by molar-refractivity contribution is 7.91. The molecule has 2 aliphatic rings. The highest BCUT2D eigenvalue weighted by Gasteiger charge is 2.28. The standard InChI is InChI=1S/C21H26N6O3S2/c1-15-13-31-21(24-15)32(28,29)25-16-3-2-6-27(12-16)20-18-5-4-17(11-19(18)22-14-23-20)26-7-9-30-10-8-26/h4-5,11,13-14,16,25H,2-3,6-10,12H2,1H3. The number of fused-ring (bicyclic) bond motifs is 1. The maximum Gasteiger partial charge on any atom is 0.268 e. The van der Waals surface area contributed by atoms with Crippen molar-refractivity contribution in [1.29, 1.82) is 0 Å². The lowest BCUT2D eigenvalue weighted by Gasteiger charge is -2.34. The zero-order chi connectivity index (χ0) is 22.1. The van der Waals surface area contributed by atoms with E-state index in [1.807, 2.05) is 0 Å². The third-order valence-corrected chi connectivity index (χ3v) is 8.74. The largest absolute Gasteiger partial charge is 0.378 e. The zero-order valence-electron chi connectivity index (χ0n) is 17.9. The second kappa shape index (κ2) is 8.89. The lowest BCUT2D eigenvalue weighted by Crippen LogP contribution is -2.48. The lowest BCUT2D eigenvalue weighted by molar-refractivity contribution is 0.122. The highest BCUT2D eigenvalue weighted by Crippen LogP contribution is 2.29. The molecule has 2 fully saturated rings. The number of morpholine rings is 1. The minimum atomic E-state index is -3.62. The summed E-state index contributed by atoms with van der Waals surface area (Å²) in [5, 5.41) is 2.73. The van der Waals surface area contributed by atoms with E-state index in [1.54, 1.807) is 18.6 Å². The van der Waals surface area contributed by atoms with Crippen molar-refractivity contribution in [3.05, 3.63) is 35.6 Å². The Labute approximate surface area is 191 Å². The Morgan fingerprint density at radius 2 is 2.00 bits per heavy atom. The monoisotopic (exact) mass is 474 g/mol. The first kappa shape index (κ1) is 21.5. The van der Waals surface area contributed by atoms with Crippen LogP contribution < -0.4 is 14.5 Å². The quantitative estimate of drug-likeness (QED) is 0.601. The maximum atomic E-state index is 12.7. The molecule has 170 valence electrons. The summed E-state index contributed by atoms with van der Waals surface area (Å²) in [6.45, 7) is 6.39. The second-order valence-corrected chi connectivity index (χ2v) is 10.9. The Bertz CT molecular complexity index is 1210. The summed E-state index contributed by atoms with van der Waals surface area (Å²) in [7, 11) is -3.62. The third kappa shape index (κ3) is 4.42. The van der Waals surface area contributed by atoms with Crippen LogP contribution in [0.15, 0.2) is 34.2 Å². The highest BCUT2D eigenvalue weighted by atomic mass is 32.2. The van der Waals surface area contributed by atoms with Crippen molar-refractivity contribution in [2.45, 2.75) is 30.1 Å². The molecule has 4 heterocycles. The molecule has 2 saturated heterocycles. The van der Waals surface area contributed by atoms with Gasteiger partial charge in [-0.1, -0.05) is 0 Å². The van der Waals surface area contributed by atoms with E-state index in [0.29, 0.717) is 12.2 Å². The molecule has 1 N–H and O–H groups in total. The van der Waals surface area contributed by atoms with Gasteiger partial charge in [-0.05, 0) is 38.0 Å². The van der Waals surface area contributed by atoms with Crippen molar-refractivity contribution in [2.75, 3.05) is 49.2 Å². The van der Waals surface area contributed by atoms with E-state index in [0.717, 1.165) is 79.4 Å². The number of hydrogen-bond donors (Lipinski definition) is 1. The molecule has 0 radical (unpaired) electrons. The number of thiazole rings is 1. The van der Waals surface area contributed by atoms with E-state index >= 15 is 0 Å². The van der Waals surface area contributed by atoms with Crippen LogP contribution in [0.3, 0.4) is 0 Å². The van der Waals surface area contributed by atoms with Crippen LogP contribution in [0.1, 0.15) is 18.5 Å². The number of ether oxygens (including phenoxy) is 1. The minimum Gasteiger partial charge on any atom is -0.378 e. The summed E-state index contributed by atoms with van der Waals surface area (Å²) in [4.78, 5) is 17.6. The number of sulfonamides is 1. The Morgan fingerprint density at radius 1 is 1.16 bits per heavy atom. The Morgan fingerprint density at radius 3 is 2.78 bits per heavy atom. The van der Waals surface area contributed by atoms with E-state index in [-0.39, 0.29) is 10.4 Å². The van der Waals surface area contributed by atoms with Crippen molar-refractivity contribution in [3.8, 4) is 0 Å². The Hall–Kier alpha value is -2.34. The summed E-state index contributed by atoms with van der Waals surface area (Å²) in [6.07, 6.45) is 3.25. The van der Waals surface area contributed by atoms with Crippen molar-refractivity contribution < 1.29 is 13.2 Å². The molecule has 5 rings (SSSR count). The van der Waals surface area contributed by atoms with E-state index in [1.165, 1.54) is 0 Å². The topological polar surface area (TPSA) is 101 Å². The number of rotatable bonds is 5. The van der Waals surface area contributed by atoms with Crippen LogP contribution in [0, 0.1) is 6.92 Å². The van der Waals surface area contributed by atoms with Gasteiger partial charge in [0.1, 0.15) is 12.1 Å². The molecule has 0 bridgehead atoms. The van der Waals surface area contributed by atoms with Crippen LogP contribution in [-0.2, 0) is 14.8 Å². The molecule has 2 aromatic heterocycles. The predicted molar refractivity (Wildman–Crippen MR) is 125 cm³/mol. The number of nitrogens with zero attached hydrogens (tertiary/aromatic N) is 5. The first-order valence-corrected chi connectivity index (χ1v) is 13.1. The number of hydrogen-bond acceptors (Lipinski definition) is 9. The average Bonchev–Trinajstić information content (AvgIpc) is 3.26. The van der Waals surface area contributed by atoms with Crippen LogP contribution in [0.5, 0.6) is 0 Å². The van der Waals surface area contributed by atoms with E-state index in [9.17, 15) is 8.42 Å². The number of aryl methyl sites for hydroxylation is 1.